The number of pyridine rings is 1. The Hall–Kier alpha value is -2.76. The largest absolute Gasteiger partial charge is 0.444 e. The predicted octanol–water partition coefficient (Wildman–Crippen LogP) is 4.45. The number of nitrogens with two attached hydrogens (primary N) is 1. The number of hydrogen-bond donors (Lipinski definition) is 3. The van der Waals surface area contributed by atoms with Gasteiger partial charge in [0.2, 0.25) is 5.71 Å². The van der Waals surface area contributed by atoms with E-state index in [0.717, 1.165) is 27.8 Å². The van der Waals surface area contributed by atoms with Crippen LogP contribution in [0, 0.1) is 0 Å². The first-order valence-electron chi connectivity index (χ1n) is 7.38. The third kappa shape index (κ3) is 2.44. The first-order valence-corrected chi connectivity index (χ1v) is 7.76. The normalized spacial score (nSPS) is 11.2. The Bertz CT molecular complexity index is 1060. The number of aromatic nitrogens is 1. The lowest BCUT2D eigenvalue weighted by Gasteiger charge is -2.13. The number of aliphatic hydroxyl groups excluding tert-OH is 1. The van der Waals surface area contributed by atoms with Gasteiger partial charge in [-0.05, 0) is 29.8 Å². The van der Waals surface area contributed by atoms with Crippen molar-refractivity contribution >= 4 is 50.7 Å². The highest BCUT2D eigenvalue weighted by Crippen LogP contribution is 2.38. The van der Waals surface area contributed by atoms with Crippen molar-refractivity contribution in [1.29, 1.82) is 0 Å². The number of anilines is 3. The third-order valence-electron chi connectivity index (χ3n) is 3.84. The second-order valence-corrected chi connectivity index (χ2v) is 5.92. The van der Waals surface area contributed by atoms with Crippen LogP contribution >= 0.6 is 11.6 Å². The van der Waals surface area contributed by atoms with Gasteiger partial charge in [0.1, 0.15) is 6.26 Å². The number of nitrogens with zero attached hydrogens (tertiary/aromatic N) is 1. The second kappa shape index (κ2) is 5.70. The van der Waals surface area contributed by atoms with Crippen LogP contribution in [0.25, 0.3) is 22.0 Å². The maximum absolute atomic E-state index is 9.38. The number of rotatable bonds is 3. The monoisotopic (exact) mass is 339 g/mol. The molecular weight excluding hydrogens is 326 g/mol. The van der Waals surface area contributed by atoms with Crippen LogP contribution in [0.3, 0.4) is 0 Å². The summed E-state index contributed by atoms with van der Waals surface area (Å²) in [6.07, 6.45) is 1.47. The van der Waals surface area contributed by atoms with Gasteiger partial charge in [-0.2, -0.15) is 0 Å². The molecule has 24 heavy (non-hydrogen) atoms. The highest BCUT2D eigenvalue weighted by atomic mass is 35.5. The molecule has 0 atom stereocenters. The van der Waals surface area contributed by atoms with E-state index >= 15 is 0 Å². The fraction of sp³-hybridized carbons (Fsp3) is 0.0556. The van der Waals surface area contributed by atoms with E-state index in [1.807, 2.05) is 30.3 Å². The van der Waals surface area contributed by atoms with Crippen molar-refractivity contribution in [3.8, 4) is 0 Å². The van der Waals surface area contributed by atoms with Gasteiger partial charge in [-0.25, -0.2) is 4.98 Å². The van der Waals surface area contributed by atoms with E-state index in [9.17, 15) is 5.11 Å². The van der Waals surface area contributed by atoms with E-state index < -0.39 is 0 Å². The molecular formula is C18H14ClN3O2. The molecule has 6 heteroatoms. The maximum atomic E-state index is 9.38. The van der Waals surface area contributed by atoms with E-state index in [2.05, 4.69) is 10.3 Å². The average molecular weight is 340 g/mol. The van der Waals surface area contributed by atoms with E-state index in [4.69, 9.17) is 21.8 Å². The molecule has 0 unspecified atom stereocenters. The fourth-order valence-electron chi connectivity index (χ4n) is 2.82. The molecule has 2 heterocycles. The van der Waals surface area contributed by atoms with Gasteiger partial charge in [0.25, 0.3) is 0 Å². The Morgan fingerprint density at radius 1 is 1.21 bits per heavy atom. The van der Waals surface area contributed by atoms with Crippen molar-refractivity contribution in [2.45, 2.75) is 6.61 Å². The van der Waals surface area contributed by atoms with E-state index in [1.165, 1.54) is 6.26 Å². The number of furan rings is 1. The summed E-state index contributed by atoms with van der Waals surface area (Å²) in [6.45, 7) is -0.0846. The lowest BCUT2D eigenvalue weighted by Crippen LogP contribution is -1.97. The summed E-state index contributed by atoms with van der Waals surface area (Å²) in [4.78, 5) is 4.50. The minimum absolute atomic E-state index is 0.0846. The maximum Gasteiger partial charge on any atom is 0.230 e. The smallest absolute Gasteiger partial charge is 0.230 e. The quantitative estimate of drug-likeness (QED) is 0.480. The lowest BCUT2D eigenvalue weighted by atomic mass is 10.1. The van der Waals surface area contributed by atoms with Gasteiger partial charge in [0.05, 0.1) is 28.2 Å². The summed E-state index contributed by atoms with van der Waals surface area (Å²) in [5.74, 6) is 0. The number of para-hydroxylation sites is 1. The van der Waals surface area contributed by atoms with Gasteiger partial charge in [0, 0.05) is 16.8 Å². The summed E-state index contributed by atoms with van der Waals surface area (Å²) in [6, 6.07) is 13.1. The molecule has 0 aliphatic rings. The lowest BCUT2D eigenvalue weighted by molar-refractivity contribution is 0.282. The molecule has 5 nitrogen and oxygen atoms in total. The van der Waals surface area contributed by atoms with Gasteiger partial charge in [0.15, 0.2) is 0 Å². The van der Waals surface area contributed by atoms with Crippen LogP contribution in [0.15, 0.2) is 53.1 Å². The van der Waals surface area contributed by atoms with Crippen LogP contribution in [-0.4, -0.2) is 10.1 Å². The fourth-order valence-corrected chi connectivity index (χ4v) is 3.04. The van der Waals surface area contributed by atoms with Crippen LogP contribution in [0.4, 0.5) is 17.1 Å². The molecule has 0 spiro atoms. The van der Waals surface area contributed by atoms with Gasteiger partial charge in [-0.3, -0.25) is 0 Å². The van der Waals surface area contributed by atoms with E-state index in [1.54, 1.807) is 12.1 Å². The van der Waals surface area contributed by atoms with Crippen LogP contribution in [0.5, 0.6) is 0 Å². The third-order valence-corrected chi connectivity index (χ3v) is 4.12. The van der Waals surface area contributed by atoms with Crippen molar-refractivity contribution < 1.29 is 9.52 Å². The Labute approximate surface area is 142 Å². The zero-order valence-corrected chi connectivity index (χ0v) is 13.3. The Morgan fingerprint density at radius 3 is 2.88 bits per heavy atom. The number of nitrogen functional groups attached to an aromatic ring is 1. The summed E-state index contributed by atoms with van der Waals surface area (Å²) < 4.78 is 5.46. The van der Waals surface area contributed by atoms with Gasteiger partial charge >= 0.3 is 0 Å². The number of halogens is 1. The molecule has 2 aromatic carbocycles. The standard InChI is InChI=1S/C18H14ClN3O2/c19-14-9-24-18-16(14)17(13-3-1-2-4-15(13)22-18)21-12-6-10(8-23)5-11(20)7-12/h1-7,9,23H,8,20H2,(H,21,22). The number of benzene rings is 2. The zero-order valence-electron chi connectivity index (χ0n) is 12.6. The van der Waals surface area contributed by atoms with Crippen LogP contribution in [0.2, 0.25) is 5.02 Å². The van der Waals surface area contributed by atoms with Gasteiger partial charge in [-0.15, -0.1) is 0 Å². The number of nitrogens with one attached hydrogen (secondary N) is 1. The summed E-state index contributed by atoms with van der Waals surface area (Å²) in [5, 5.41) is 14.8. The van der Waals surface area contributed by atoms with Crippen molar-refractivity contribution in [2.75, 3.05) is 11.1 Å². The Kier molecular flexibility index (Phi) is 3.52. The Balaban J connectivity index is 1.97. The first kappa shape index (κ1) is 14.8. The molecule has 0 bridgehead atoms. The first-order chi connectivity index (χ1) is 11.7. The molecule has 4 N–H and O–H groups in total. The highest BCUT2D eigenvalue weighted by molar-refractivity contribution is 6.37. The molecule has 0 saturated heterocycles. The Morgan fingerprint density at radius 2 is 2.04 bits per heavy atom. The zero-order chi connectivity index (χ0) is 16.7. The molecule has 0 amide bonds. The molecule has 0 fully saturated rings. The van der Waals surface area contributed by atoms with Crippen molar-refractivity contribution in [1.82, 2.24) is 4.98 Å². The summed E-state index contributed by atoms with van der Waals surface area (Å²) >= 11 is 6.30. The minimum atomic E-state index is -0.0846. The van der Waals surface area contributed by atoms with E-state index in [-0.39, 0.29) is 6.61 Å². The topological polar surface area (TPSA) is 84.3 Å². The summed E-state index contributed by atoms with van der Waals surface area (Å²) in [5.41, 5.74) is 10.0. The van der Waals surface area contributed by atoms with Crippen LogP contribution in [-0.2, 0) is 6.61 Å². The van der Waals surface area contributed by atoms with Gasteiger partial charge in [-0.1, -0.05) is 29.8 Å². The van der Waals surface area contributed by atoms with Crippen molar-refractivity contribution in [3.63, 3.8) is 0 Å². The molecule has 0 aliphatic carbocycles. The molecule has 0 saturated carbocycles. The second-order valence-electron chi connectivity index (χ2n) is 5.51. The molecule has 4 aromatic rings. The molecule has 120 valence electrons. The number of fused-ring (bicyclic) bond motifs is 2. The van der Waals surface area contributed by atoms with Crippen LogP contribution in [0.1, 0.15) is 5.56 Å². The van der Waals surface area contributed by atoms with Crippen molar-refractivity contribution in [2.24, 2.45) is 0 Å². The molecule has 4 rings (SSSR count). The van der Waals surface area contributed by atoms with Gasteiger partial charge < -0.3 is 20.6 Å². The molecule has 2 aromatic heterocycles. The van der Waals surface area contributed by atoms with Crippen LogP contribution < -0.4 is 11.1 Å². The highest BCUT2D eigenvalue weighted by Gasteiger charge is 2.15. The number of hydrogen-bond acceptors (Lipinski definition) is 5. The molecule has 0 radical (unpaired) electrons. The predicted molar refractivity (Wildman–Crippen MR) is 96.6 cm³/mol. The number of aliphatic hydroxyl groups is 1. The SMILES string of the molecule is Nc1cc(CO)cc(Nc2c3ccccc3nc3occ(Cl)c23)c1. The van der Waals surface area contributed by atoms with E-state index in [0.29, 0.717) is 21.8 Å². The summed E-state index contributed by atoms with van der Waals surface area (Å²) in [7, 11) is 0. The molecule has 0 aliphatic heterocycles. The minimum Gasteiger partial charge on any atom is -0.444 e. The van der Waals surface area contributed by atoms with Crippen molar-refractivity contribution in [3.05, 3.63) is 59.3 Å². The average Bonchev–Trinajstić information content (AvgIpc) is 2.95.